The van der Waals surface area contributed by atoms with Crippen molar-refractivity contribution in [2.75, 3.05) is 45.6 Å². The van der Waals surface area contributed by atoms with E-state index < -0.39 is 0 Å². The zero-order valence-electron chi connectivity index (χ0n) is 78.2. The highest BCUT2D eigenvalue weighted by Gasteiger charge is 2.25. The summed E-state index contributed by atoms with van der Waals surface area (Å²) in [6, 6.07) is 67.4. The molecule has 0 atom stereocenters. The number of para-hydroxylation sites is 4. The fourth-order valence-corrected chi connectivity index (χ4v) is 21.8. The molecule has 16 aromatic heterocycles. The Morgan fingerprint density at radius 3 is 0.972 bits per heavy atom. The number of nitrogens with zero attached hydrogens (tertiary/aromatic N) is 15. The third kappa shape index (κ3) is 19.1. The van der Waals surface area contributed by atoms with E-state index in [1.54, 1.807) is 57.7 Å². The Morgan fingerprint density at radius 2 is 0.652 bits per heavy atom. The van der Waals surface area contributed by atoms with E-state index in [9.17, 15) is 4.79 Å². The topological polar surface area (TPSA) is 320 Å². The standard InChI is InChI=1S/C29H26N6OS.C29H26N6S.C28H24N6S.C26H22N6S/c1-29(2,3)13-25(36)31-20-11-19(14-30-15-20)17-7-8-23-22(12-17)27(35-34-23)28-32-24-6-4-5-21(26(24)33-28)18-9-10-37-16-18;1-2-10-35(11-3-1)17-19-13-22(16-30-15-19)20-7-8-25-24(14-20)28(34-33-25)29-31-26-6-4-5-23(27(26)32-29)21-9-12-36-18-21;1-2-10-34(9-1)16-18-12-21(15-29-14-18)19-6-7-24-23(13-19)27(33-32-24)28-30-25-5-3-4-22(26(25)31-28)20-8-11-35-17-20;1-32(2)14-16-10-19(13-27-12-16)17-6-7-22-21(11-17)25(31-30-22)26-28-23-5-3-4-20(24(23)29-26)18-8-9-33-15-18/h4-12,14-16H,13H2,1-3H3,(H,31,36)(H,32,33)(H,34,35);4-9,12-16,18H,1-3,10-11,17H2,(H,31,32)(H,33,34);3-8,11-15,17H,1-2,9-10,16H2,(H,30,31)(H,32,33);3-13,15H,14H2,1-2H3,(H,28,29)(H,30,31). The van der Waals surface area contributed by atoms with Crippen molar-refractivity contribution in [2.45, 2.75) is 78.9 Å². The van der Waals surface area contributed by atoms with Gasteiger partial charge in [-0.05, 0) is 297 Å². The molecule has 9 N–H and O–H groups in total. The van der Waals surface area contributed by atoms with Crippen LogP contribution in [-0.4, -0.2) is 161 Å². The van der Waals surface area contributed by atoms with Crippen LogP contribution in [0.4, 0.5) is 5.69 Å². The predicted octanol–water partition coefficient (Wildman–Crippen LogP) is 26.6. The number of fused-ring (bicyclic) bond motifs is 8. The first-order chi connectivity index (χ1) is 69.1. The molecule has 8 aromatic carbocycles. The minimum atomic E-state index is -0.0844. The maximum Gasteiger partial charge on any atom is 0.224 e. The van der Waals surface area contributed by atoms with E-state index in [0.717, 1.165) is 220 Å². The molecule has 0 saturated carbocycles. The van der Waals surface area contributed by atoms with Crippen LogP contribution >= 0.6 is 45.3 Å². The molecule has 0 spiro atoms. The van der Waals surface area contributed by atoms with E-state index >= 15 is 0 Å². The van der Waals surface area contributed by atoms with Gasteiger partial charge in [-0.25, -0.2) is 19.9 Å². The van der Waals surface area contributed by atoms with Gasteiger partial charge in [-0.15, -0.1) is 0 Å². The van der Waals surface area contributed by atoms with Crippen LogP contribution in [0.3, 0.4) is 0 Å². The number of nitrogens with one attached hydrogen (secondary N) is 9. The van der Waals surface area contributed by atoms with Crippen LogP contribution in [0.15, 0.2) is 287 Å². The molecular formula is C112H98N24OS4. The number of likely N-dealkylation sites (tertiary alicyclic amines) is 2. The number of thiophene rings is 4. The minimum absolute atomic E-state index is 0.0225. The number of aromatic amines is 8. The average Bonchev–Trinajstić information content (AvgIpc) is 1.63. The van der Waals surface area contributed by atoms with E-state index in [1.807, 2.05) is 88.3 Å². The van der Waals surface area contributed by atoms with Crippen LogP contribution in [0.25, 0.3) is 223 Å². The lowest BCUT2D eigenvalue weighted by molar-refractivity contribution is -0.117. The van der Waals surface area contributed by atoms with Gasteiger partial charge in [-0.1, -0.05) is 100.0 Å². The van der Waals surface area contributed by atoms with Crippen molar-refractivity contribution in [1.29, 1.82) is 0 Å². The summed E-state index contributed by atoms with van der Waals surface area (Å²) in [4.78, 5) is 71.3. The quantitative estimate of drug-likeness (QED) is 0.0342. The molecule has 0 unspecified atom stereocenters. The van der Waals surface area contributed by atoms with Crippen LogP contribution in [0.1, 0.15) is 76.0 Å². The highest BCUT2D eigenvalue weighted by Crippen LogP contribution is 2.42. The first-order valence-electron chi connectivity index (χ1n) is 47.3. The van der Waals surface area contributed by atoms with Gasteiger partial charge in [-0.2, -0.15) is 65.7 Å². The molecule has 18 heterocycles. The molecule has 25 nitrogen and oxygen atoms in total. The summed E-state index contributed by atoms with van der Waals surface area (Å²) in [5.74, 6) is 2.99. The summed E-state index contributed by atoms with van der Waals surface area (Å²) >= 11 is 6.75. The molecule has 2 aliphatic heterocycles. The van der Waals surface area contributed by atoms with E-state index in [1.165, 1.54) is 91.7 Å². The molecule has 1 amide bonds. The number of carbonyl (C=O) groups excluding carboxylic acids is 1. The second kappa shape index (κ2) is 38.9. The van der Waals surface area contributed by atoms with E-state index in [-0.39, 0.29) is 11.3 Å². The lowest BCUT2D eigenvalue weighted by Gasteiger charge is -2.26. The number of anilines is 1. The van der Waals surface area contributed by atoms with Gasteiger partial charge in [0.05, 0.1) is 78.1 Å². The Kier molecular flexibility index (Phi) is 24.6. The molecule has 0 bridgehead atoms. The molecule has 0 radical (unpaired) electrons. The third-order valence-corrected chi connectivity index (χ3v) is 28.7. The van der Waals surface area contributed by atoms with Crippen molar-refractivity contribution in [3.63, 3.8) is 0 Å². The number of amides is 1. The van der Waals surface area contributed by atoms with Gasteiger partial charge in [0.15, 0.2) is 23.3 Å². The van der Waals surface area contributed by atoms with Crippen LogP contribution in [-0.2, 0) is 24.4 Å². The molecule has 141 heavy (non-hydrogen) atoms. The van der Waals surface area contributed by atoms with Crippen LogP contribution in [0.2, 0.25) is 0 Å². The Hall–Kier alpha value is -15.7. The fourth-order valence-electron chi connectivity index (χ4n) is 19.2. The lowest BCUT2D eigenvalue weighted by Crippen LogP contribution is -2.29. The van der Waals surface area contributed by atoms with Crippen LogP contribution < -0.4 is 5.32 Å². The summed E-state index contributed by atoms with van der Waals surface area (Å²) in [5.41, 5.74) is 37.0. The number of benzene rings is 8. The summed E-state index contributed by atoms with van der Waals surface area (Å²) in [7, 11) is 4.13. The maximum atomic E-state index is 12.4. The van der Waals surface area contributed by atoms with Gasteiger partial charge < -0.3 is 30.2 Å². The van der Waals surface area contributed by atoms with Gasteiger partial charge >= 0.3 is 0 Å². The maximum absolute atomic E-state index is 12.4. The largest absolute Gasteiger partial charge is 0.337 e. The lowest BCUT2D eigenvalue weighted by atomic mass is 9.92. The molecule has 2 aliphatic rings. The number of hydrogen-bond acceptors (Lipinski definition) is 20. The summed E-state index contributed by atoms with van der Waals surface area (Å²) in [6.07, 6.45) is 22.2. The zero-order valence-corrected chi connectivity index (χ0v) is 81.4. The smallest absolute Gasteiger partial charge is 0.224 e. The SMILES string of the molecule is CC(C)(C)CC(=O)Nc1cncc(-c2ccc3[nH]nc(-c4nc5c(-c6ccsc6)cccc5[nH]4)c3c2)c1.CN(C)Cc1cncc(-c2ccc3[nH]nc(-c4nc5c(-c6ccsc6)cccc5[nH]4)c3c2)c1.c1cc(-c2ccsc2)c2nc(-c3n[nH]c4ccc(-c5cncc(CN6CCCC6)c5)cc34)[nH]c2c1.c1cc(-c2ccsc2)c2nc(-c3n[nH]c4ccc(-c5cncc(CN6CCCCC6)c5)cc34)[nH]c2c1. The average molecular weight is 1920 g/mol. The Labute approximate surface area is 827 Å². The van der Waals surface area contributed by atoms with Crippen LogP contribution in [0.5, 0.6) is 0 Å². The van der Waals surface area contributed by atoms with E-state index in [2.05, 4.69) is 322 Å². The van der Waals surface area contributed by atoms with Crippen molar-refractivity contribution in [3.05, 3.63) is 303 Å². The number of carbonyl (C=O) groups is 1. The number of piperidine rings is 1. The van der Waals surface area contributed by atoms with E-state index in [4.69, 9.17) is 19.9 Å². The Balaban J connectivity index is 0.000000105. The number of rotatable bonds is 20. The first-order valence-corrected chi connectivity index (χ1v) is 51.1. The molecule has 2 saturated heterocycles. The van der Waals surface area contributed by atoms with Gasteiger partial charge in [0.2, 0.25) is 5.91 Å². The van der Waals surface area contributed by atoms with Gasteiger partial charge in [0, 0.05) is 135 Å². The van der Waals surface area contributed by atoms with Gasteiger partial charge in [0.25, 0.3) is 0 Å². The monoisotopic (exact) mass is 1920 g/mol. The first kappa shape index (κ1) is 89.2. The second-order valence-electron chi connectivity index (χ2n) is 37.6. The van der Waals surface area contributed by atoms with Crippen molar-refractivity contribution < 1.29 is 4.79 Å². The van der Waals surface area contributed by atoms with Crippen molar-refractivity contribution in [2.24, 2.45) is 5.41 Å². The zero-order chi connectivity index (χ0) is 95.0. The highest BCUT2D eigenvalue weighted by molar-refractivity contribution is 7.09. The second-order valence-corrected chi connectivity index (χ2v) is 40.7. The highest BCUT2D eigenvalue weighted by atomic mass is 32.1. The van der Waals surface area contributed by atoms with Gasteiger partial charge in [0.1, 0.15) is 22.8 Å². The number of pyridine rings is 4. The molecule has 24 aromatic rings. The van der Waals surface area contributed by atoms with Crippen molar-refractivity contribution >= 4 is 145 Å². The summed E-state index contributed by atoms with van der Waals surface area (Å²) < 4.78 is 0. The number of hydrogen-bond donors (Lipinski definition) is 9. The number of aromatic nitrogens is 20. The molecule has 0 aliphatic carbocycles. The van der Waals surface area contributed by atoms with Crippen molar-refractivity contribution in [1.82, 2.24) is 115 Å². The number of H-pyrrole nitrogens is 8. The fraction of sp³-hybridized carbons (Fsp3) is 0.170. The van der Waals surface area contributed by atoms with E-state index in [0.29, 0.717) is 17.9 Å². The molecule has 696 valence electrons. The summed E-state index contributed by atoms with van der Waals surface area (Å²) in [6.45, 7) is 13.6. The number of imidazole rings is 4. The molecule has 29 heteroatoms. The Bertz CT molecular complexity index is 8610. The molecule has 26 rings (SSSR count). The normalized spacial score (nSPS) is 13.2. The Morgan fingerprint density at radius 1 is 0.340 bits per heavy atom. The van der Waals surface area contributed by atoms with Gasteiger partial charge in [-0.3, -0.25) is 54.9 Å². The molecular weight excluding hydrogens is 1830 g/mol. The summed E-state index contributed by atoms with van der Waals surface area (Å²) in [5, 5.41) is 55.1. The van der Waals surface area contributed by atoms with Crippen molar-refractivity contribution in [3.8, 4) is 135 Å². The predicted molar refractivity (Wildman–Crippen MR) is 575 cm³/mol. The van der Waals surface area contributed by atoms with Crippen LogP contribution in [0, 0.1) is 5.41 Å². The third-order valence-electron chi connectivity index (χ3n) is 25.9. The minimum Gasteiger partial charge on any atom is -0.337 e. The molecule has 2 fully saturated rings.